The van der Waals surface area contributed by atoms with Crippen molar-refractivity contribution in [2.24, 2.45) is 5.92 Å². The van der Waals surface area contributed by atoms with E-state index in [-0.39, 0.29) is 12.4 Å². The quantitative estimate of drug-likeness (QED) is 0.915. The van der Waals surface area contributed by atoms with Crippen molar-refractivity contribution in [1.82, 2.24) is 10.2 Å². The highest BCUT2D eigenvalue weighted by Crippen LogP contribution is 2.24. The lowest BCUT2D eigenvalue weighted by Crippen LogP contribution is -2.44. The molecule has 0 spiro atoms. The van der Waals surface area contributed by atoms with E-state index in [0.717, 1.165) is 18.5 Å². The van der Waals surface area contributed by atoms with Crippen molar-refractivity contribution in [1.29, 1.82) is 0 Å². The number of nitrogens with one attached hydrogen (secondary N) is 1. The Hall–Kier alpha value is -0.830. The van der Waals surface area contributed by atoms with Crippen LogP contribution in [0.25, 0.3) is 6.08 Å². The van der Waals surface area contributed by atoms with Crippen molar-refractivity contribution in [2.45, 2.75) is 18.9 Å². The average molecular weight is 279 g/mol. The number of nitrogens with zero attached hydrogens (tertiary/aromatic N) is 1. The zero-order valence-electron chi connectivity index (χ0n) is 11.3. The number of piperidine rings is 1. The van der Waals surface area contributed by atoms with Crippen LogP contribution in [0.2, 0.25) is 0 Å². The smallest absolute Gasteiger partial charge is 0.0166 e. The Bertz CT molecular complexity index is 404. The zero-order chi connectivity index (χ0) is 12.2. The molecule has 0 amide bonds. The first-order chi connectivity index (χ1) is 8.92. The molecule has 2 heterocycles. The molecule has 2 aliphatic rings. The molecule has 3 rings (SSSR count). The molecule has 0 saturated carbocycles. The Morgan fingerprint density at radius 3 is 2.89 bits per heavy atom. The van der Waals surface area contributed by atoms with Crippen LogP contribution in [0.5, 0.6) is 0 Å². The molecule has 0 radical (unpaired) electrons. The van der Waals surface area contributed by atoms with Gasteiger partial charge in [-0.3, -0.25) is 4.90 Å². The van der Waals surface area contributed by atoms with Crippen LogP contribution in [0.1, 0.15) is 18.4 Å². The van der Waals surface area contributed by atoms with E-state index in [9.17, 15) is 0 Å². The highest BCUT2D eigenvalue weighted by atomic mass is 35.5. The van der Waals surface area contributed by atoms with Gasteiger partial charge in [0, 0.05) is 19.1 Å². The lowest BCUT2D eigenvalue weighted by Gasteiger charge is -2.34. The van der Waals surface area contributed by atoms with Gasteiger partial charge in [0.05, 0.1) is 0 Å². The van der Waals surface area contributed by atoms with E-state index in [4.69, 9.17) is 0 Å². The normalized spacial score (nSPS) is 27.2. The Morgan fingerprint density at radius 1 is 1.21 bits per heavy atom. The third kappa shape index (κ3) is 3.82. The van der Waals surface area contributed by atoms with Crippen molar-refractivity contribution in [2.75, 3.05) is 26.2 Å². The van der Waals surface area contributed by atoms with Crippen molar-refractivity contribution in [3.8, 4) is 0 Å². The number of halogens is 1. The van der Waals surface area contributed by atoms with Gasteiger partial charge in [0.1, 0.15) is 0 Å². The lowest BCUT2D eigenvalue weighted by atomic mass is 9.93. The molecule has 19 heavy (non-hydrogen) atoms. The van der Waals surface area contributed by atoms with Gasteiger partial charge in [0.25, 0.3) is 0 Å². The minimum absolute atomic E-state index is 0. The van der Waals surface area contributed by atoms with Gasteiger partial charge in [-0.1, -0.05) is 42.5 Å². The first kappa shape index (κ1) is 14.6. The molecule has 1 aromatic rings. The topological polar surface area (TPSA) is 15.3 Å². The average Bonchev–Trinajstić information content (AvgIpc) is 2.87. The van der Waals surface area contributed by atoms with Crippen molar-refractivity contribution in [3.05, 3.63) is 42.0 Å². The molecule has 1 N–H and O–H groups in total. The fourth-order valence-corrected chi connectivity index (χ4v) is 3.19. The predicted molar refractivity (Wildman–Crippen MR) is 83.7 cm³/mol. The van der Waals surface area contributed by atoms with Gasteiger partial charge in [-0.15, -0.1) is 12.4 Å². The molecule has 2 unspecified atom stereocenters. The third-order valence-corrected chi connectivity index (χ3v) is 4.21. The monoisotopic (exact) mass is 278 g/mol. The molecule has 3 heteroatoms. The highest BCUT2D eigenvalue weighted by Gasteiger charge is 2.31. The van der Waals surface area contributed by atoms with Crippen LogP contribution in [0.4, 0.5) is 0 Å². The van der Waals surface area contributed by atoms with Crippen LogP contribution in [-0.2, 0) is 0 Å². The zero-order valence-corrected chi connectivity index (χ0v) is 12.1. The maximum Gasteiger partial charge on any atom is 0.0166 e. The van der Waals surface area contributed by atoms with Crippen molar-refractivity contribution >= 4 is 18.5 Å². The second kappa shape index (κ2) is 7.09. The van der Waals surface area contributed by atoms with Crippen LogP contribution >= 0.6 is 12.4 Å². The maximum absolute atomic E-state index is 3.62. The van der Waals surface area contributed by atoms with Gasteiger partial charge in [-0.25, -0.2) is 0 Å². The van der Waals surface area contributed by atoms with Crippen molar-refractivity contribution in [3.63, 3.8) is 0 Å². The van der Waals surface area contributed by atoms with E-state index < -0.39 is 0 Å². The van der Waals surface area contributed by atoms with Crippen LogP contribution in [0.3, 0.4) is 0 Å². The van der Waals surface area contributed by atoms with Gasteiger partial charge in [0.2, 0.25) is 0 Å². The number of hydrogen-bond donors (Lipinski definition) is 1. The lowest BCUT2D eigenvalue weighted by molar-refractivity contribution is 0.178. The Morgan fingerprint density at radius 2 is 2.05 bits per heavy atom. The standard InChI is InChI=1S/C16H22N2.ClH/c1-2-5-14(6-3-1)7-4-11-18-12-9-16-15(13-18)8-10-17-16;/h1-7,15-17H,8-13H2;1H/b7-4+;. The summed E-state index contributed by atoms with van der Waals surface area (Å²) < 4.78 is 0. The summed E-state index contributed by atoms with van der Waals surface area (Å²) in [5, 5.41) is 3.62. The first-order valence-electron chi connectivity index (χ1n) is 7.09. The Labute approximate surface area is 122 Å². The van der Waals surface area contributed by atoms with Crippen LogP contribution < -0.4 is 5.32 Å². The molecular weight excluding hydrogens is 256 g/mol. The van der Waals surface area contributed by atoms with Crippen LogP contribution in [0, 0.1) is 5.92 Å². The minimum atomic E-state index is 0. The number of likely N-dealkylation sites (tertiary alicyclic amines) is 1. The SMILES string of the molecule is C(=C\c1ccccc1)/CN1CCC2NCCC2C1.Cl. The van der Waals surface area contributed by atoms with E-state index in [0.29, 0.717) is 0 Å². The molecule has 104 valence electrons. The number of rotatable bonds is 3. The minimum Gasteiger partial charge on any atom is -0.314 e. The van der Waals surface area contributed by atoms with E-state index in [1.54, 1.807) is 0 Å². The van der Waals surface area contributed by atoms with E-state index >= 15 is 0 Å². The van der Waals surface area contributed by atoms with Crippen LogP contribution in [-0.4, -0.2) is 37.1 Å². The fraction of sp³-hybridized carbons (Fsp3) is 0.500. The van der Waals surface area contributed by atoms with Gasteiger partial charge < -0.3 is 5.32 Å². The molecule has 0 aliphatic carbocycles. The summed E-state index contributed by atoms with van der Waals surface area (Å²) in [4.78, 5) is 2.59. The van der Waals surface area contributed by atoms with Crippen molar-refractivity contribution < 1.29 is 0 Å². The van der Waals surface area contributed by atoms with Gasteiger partial charge >= 0.3 is 0 Å². The molecule has 2 saturated heterocycles. The Balaban J connectivity index is 0.00000133. The van der Waals surface area contributed by atoms with Crippen LogP contribution in [0.15, 0.2) is 36.4 Å². The molecule has 2 aliphatic heterocycles. The molecular formula is C16H23ClN2. The fourth-order valence-electron chi connectivity index (χ4n) is 3.19. The number of benzene rings is 1. The highest BCUT2D eigenvalue weighted by molar-refractivity contribution is 5.85. The summed E-state index contributed by atoms with van der Waals surface area (Å²) >= 11 is 0. The van der Waals surface area contributed by atoms with E-state index in [1.165, 1.54) is 38.0 Å². The second-order valence-corrected chi connectivity index (χ2v) is 5.47. The first-order valence-corrected chi connectivity index (χ1v) is 7.09. The van der Waals surface area contributed by atoms with E-state index in [1.807, 2.05) is 0 Å². The molecule has 2 fully saturated rings. The summed E-state index contributed by atoms with van der Waals surface area (Å²) in [7, 11) is 0. The third-order valence-electron chi connectivity index (χ3n) is 4.21. The summed E-state index contributed by atoms with van der Waals surface area (Å²) in [5.41, 5.74) is 1.30. The molecule has 1 aromatic carbocycles. The summed E-state index contributed by atoms with van der Waals surface area (Å²) in [6.07, 6.45) is 7.23. The summed E-state index contributed by atoms with van der Waals surface area (Å²) in [6, 6.07) is 11.4. The van der Waals surface area contributed by atoms with Gasteiger partial charge in [-0.2, -0.15) is 0 Å². The van der Waals surface area contributed by atoms with Gasteiger partial charge in [-0.05, 0) is 37.4 Å². The summed E-state index contributed by atoms with van der Waals surface area (Å²) in [6.45, 7) is 4.84. The van der Waals surface area contributed by atoms with Gasteiger partial charge in [0.15, 0.2) is 0 Å². The Kier molecular flexibility index (Phi) is 5.44. The molecule has 2 nitrogen and oxygen atoms in total. The predicted octanol–water partition coefficient (Wildman–Crippen LogP) is 2.81. The maximum atomic E-state index is 3.62. The number of fused-ring (bicyclic) bond motifs is 1. The second-order valence-electron chi connectivity index (χ2n) is 5.47. The largest absolute Gasteiger partial charge is 0.314 e. The molecule has 2 atom stereocenters. The number of hydrogen-bond acceptors (Lipinski definition) is 2. The molecule has 0 bridgehead atoms. The summed E-state index contributed by atoms with van der Waals surface area (Å²) in [5.74, 6) is 0.892. The van der Waals surface area contributed by atoms with E-state index in [2.05, 4.69) is 52.7 Å². The molecule has 0 aromatic heterocycles.